The average Bonchev–Trinajstić information content (AvgIpc) is 3.65. The van der Waals surface area contributed by atoms with E-state index in [2.05, 4.69) is 20.3 Å². The number of hydrogen-bond donors (Lipinski definition) is 2. The Hall–Kier alpha value is -4.20. The fourth-order valence-electron chi connectivity index (χ4n) is 5.45. The van der Waals surface area contributed by atoms with Gasteiger partial charge in [-0.1, -0.05) is 0 Å². The predicted octanol–water partition coefficient (Wildman–Crippen LogP) is 5.44. The Bertz CT molecular complexity index is 1810. The average molecular weight is 607 g/mol. The number of nitrogens with one attached hydrogen (secondary N) is 1. The molecule has 2 aliphatic heterocycles. The zero-order valence-corrected chi connectivity index (χ0v) is 22.4. The van der Waals surface area contributed by atoms with Crippen molar-refractivity contribution in [1.82, 2.24) is 19.9 Å². The van der Waals surface area contributed by atoms with Crippen molar-refractivity contribution in [3.8, 4) is 23.3 Å². The Morgan fingerprint density at radius 1 is 1.29 bits per heavy atom. The maximum absolute atomic E-state index is 16.4. The first-order valence-corrected chi connectivity index (χ1v) is 13.3. The van der Waals surface area contributed by atoms with Crippen LogP contribution in [0.2, 0.25) is 0 Å². The smallest absolute Gasteiger partial charge is 0.409 e. The molecule has 0 bridgehead atoms. The Kier molecular flexibility index (Phi) is 6.83. The molecular weight excluding hydrogens is 587 g/mol. The highest BCUT2D eigenvalue weighted by atomic mass is 32.1. The van der Waals surface area contributed by atoms with Crippen molar-refractivity contribution >= 4 is 43.4 Å². The predicted molar refractivity (Wildman–Crippen MR) is 139 cm³/mol. The van der Waals surface area contributed by atoms with Crippen LogP contribution in [0.25, 0.3) is 32.2 Å². The fraction of sp³-hybridized carbons (Fsp3) is 0.346. The van der Waals surface area contributed by atoms with E-state index in [0.717, 1.165) is 6.20 Å². The molecule has 218 valence electrons. The second-order valence-corrected chi connectivity index (χ2v) is 11.0. The summed E-state index contributed by atoms with van der Waals surface area (Å²) in [7, 11) is 1.56. The van der Waals surface area contributed by atoms with Gasteiger partial charge in [-0.15, -0.1) is 11.3 Å². The molecule has 1 amide bonds. The van der Waals surface area contributed by atoms with Gasteiger partial charge in [-0.25, -0.2) is 18.6 Å². The molecule has 0 unspecified atom stereocenters. The maximum atomic E-state index is 16.4. The van der Waals surface area contributed by atoms with E-state index < -0.39 is 35.9 Å². The molecule has 5 heterocycles. The summed E-state index contributed by atoms with van der Waals surface area (Å²) in [5.41, 5.74) is 0.287. The number of thiophene rings is 1. The number of carbonyl (C=O) groups is 1. The lowest BCUT2D eigenvalue weighted by atomic mass is 9.94. The van der Waals surface area contributed by atoms with Crippen LogP contribution >= 0.6 is 11.3 Å². The molecule has 1 aromatic carbocycles. The van der Waals surface area contributed by atoms with E-state index >= 15 is 4.39 Å². The largest absolute Gasteiger partial charge is 0.465 e. The van der Waals surface area contributed by atoms with E-state index in [-0.39, 0.29) is 76.2 Å². The van der Waals surface area contributed by atoms with Crippen LogP contribution in [0.1, 0.15) is 23.1 Å². The monoisotopic (exact) mass is 606 g/mol. The van der Waals surface area contributed by atoms with Crippen LogP contribution < -0.4 is 10.1 Å². The maximum Gasteiger partial charge on any atom is 0.409 e. The first kappa shape index (κ1) is 27.9. The molecule has 1 fully saturated rings. The van der Waals surface area contributed by atoms with Crippen molar-refractivity contribution in [3.63, 3.8) is 0 Å². The minimum atomic E-state index is -4.33. The third kappa shape index (κ3) is 4.63. The summed E-state index contributed by atoms with van der Waals surface area (Å²) in [4.78, 5) is 25.3. The highest BCUT2D eigenvalue weighted by Crippen LogP contribution is 2.46. The van der Waals surface area contributed by atoms with Gasteiger partial charge in [-0.3, -0.25) is 15.2 Å². The summed E-state index contributed by atoms with van der Waals surface area (Å²) in [6.07, 6.45) is -3.78. The molecule has 10 nitrogen and oxygen atoms in total. The number of pyridine rings is 1. The Labute approximate surface area is 237 Å². The van der Waals surface area contributed by atoms with Crippen molar-refractivity contribution in [1.29, 1.82) is 5.26 Å². The minimum absolute atomic E-state index is 0.0308. The number of alkyl halides is 3. The van der Waals surface area contributed by atoms with E-state index in [1.165, 1.54) is 11.1 Å². The van der Waals surface area contributed by atoms with Gasteiger partial charge in [0.15, 0.2) is 11.6 Å². The number of nitrogens with zero attached hydrogens (tertiary/aromatic N) is 5. The van der Waals surface area contributed by atoms with Gasteiger partial charge in [-0.2, -0.15) is 23.4 Å². The number of ether oxygens (including phenoxy) is 2. The standard InChI is InChI=1S/C26H19F5N6O4S/c1-37-6-10(26(29,30)31)2-11(37)7-41-24-34-4-13-14-8-40-9-15(14)17(19(28)20(13)35-24)21-18-12(3-32)23(36-25(38)39)42-22(18)16(27)5-33-21/h4-5,10-11,36H,2,6-9H2,1H3,(H,38,39)/t10-,11-/m0/s1. The van der Waals surface area contributed by atoms with Crippen molar-refractivity contribution in [3.05, 3.63) is 40.7 Å². The highest BCUT2D eigenvalue weighted by molar-refractivity contribution is 7.23. The van der Waals surface area contributed by atoms with Gasteiger partial charge >= 0.3 is 18.3 Å². The van der Waals surface area contributed by atoms with Crippen LogP contribution in [0, 0.1) is 28.9 Å². The SMILES string of the molecule is CN1C[C@@H](C(F)(F)F)C[C@H]1COc1ncc2c3c(c(-c4ncc(F)c5sc(NC(=O)O)c(C#N)c45)c(F)c2n1)COC3. The van der Waals surface area contributed by atoms with Gasteiger partial charge in [0.25, 0.3) is 0 Å². The third-order valence-corrected chi connectivity index (χ3v) is 8.59. The van der Waals surface area contributed by atoms with Crippen molar-refractivity contribution in [2.45, 2.75) is 31.9 Å². The summed E-state index contributed by atoms with van der Waals surface area (Å²) in [6.45, 7) is -0.288. The van der Waals surface area contributed by atoms with Gasteiger partial charge in [0.05, 0.1) is 41.3 Å². The zero-order valence-electron chi connectivity index (χ0n) is 21.6. The number of likely N-dealkylation sites (N-methyl/N-ethyl adjacent to an activating group) is 1. The first-order chi connectivity index (χ1) is 20.0. The van der Waals surface area contributed by atoms with E-state index in [9.17, 15) is 32.7 Å². The number of carboxylic acid groups (broad SMARTS) is 1. The molecule has 1 saturated heterocycles. The van der Waals surface area contributed by atoms with Crippen LogP contribution in [-0.4, -0.2) is 63.5 Å². The lowest BCUT2D eigenvalue weighted by molar-refractivity contribution is -0.170. The molecule has 2 aliphatic rings. The molecule has 16 heteroatoms. The van der Waals surface area contributed by atoms with Crippen molar-refractivity contribution in [2.75, 3.05) is 25.5 Å². The first-order valence-electron chi connectivity index (χ1n) is 12.5. The Balaban J connectivity index is 1.45. The number of halogens is 5. The summed E-state index contributed by atoms with van der Waals surface area (Å²) >= 11 is 0.675. The van der Waals surface area contributed by atoms with E-state index in [4.69, 9.17) is 9.47 Å². The van der Waals surface area contributed by atoms with Gasteiger partial charge in [0, 0.05) is 35.1 Å². The number of likely N-dealkylation sites (tertiary alicyclic amines) is 1. The molecule has 2 atom stereocenters. The quantitative estimate of drug-likeness (QED) is 0.285. The number of fused-ring (bicyclic) bond motifs is 4. The van der Waals surface area contributed by atoms with Crippen LogP contribution in [0.4, 0.5) is 31.7 Å². The second-order valence-electron chi connectivity index (χ2n) is 9.94. The summed E-state index contributed by atoms with van der Waals surface area (Å²) in [5.74, 6) is -3.21. The van der Waals surface area contributed by atoms with Gasteiger partial charge in [0.2, 0.25) is 0 Å². The lowest BCUT2D eigenvalue weighted by Crippen LogP contribution is -2.31. The van der Waals surface area contributed by atoms with Crippen LogP contribution in [0.15, 0.2) is 12.4 Å². The molecule has 42 heavy (non-hydrogen) atoms. The molecule has 6 rings (SSSR count). The molecule has 0 radical (unpaired) electrons. The lowest BCUT2D eigenvalue weighted by Gasteiger charge is -2.19. The number of amides is 1. The molecule has 4 aromatic rings. The molecule has 0 aliphatic carbocycles. The van der Waals surface area contributed by atoms with Gasteiger partial charge in [0.1, 0.15) is 23.2 Å². The zero-order chi connectivity index (χ0) is 29.9. The molecule has 3 aromatic heterocycles. The topological polar surface area (TPSA) is 133 Å². The Morgan fingerprint density at radius 3 is 2.74 bits per heavy atom. The van der Waals surface area contributed by atoms with Gasteiger partial charge in [-0.05, 0) is 24.6 Å². The Morgan fingerprint density at radius 2 is 2.05 bits per heavy atom. The third-order valence-electron chi connectivity index (χ3n) is 7.47. The summed E-state index contributed by atoms with van der Waals surface area (Å²) in [6, 6.07) is 1.04. The number of aromatic nitrogens is 3. The number of nitriles is 1. The van der Waals surface area contributed by atoms with Crippen LogP contribution in [0.3, 0.4) is 0 Å². The molecular formula is C26H19F5N6O4S. The van der Waals surface area contributed by atoms with Gasteiger partial charge < -0.3 is 14.6 Å². The van der Waals surface area contributed by atoms with E-state index in [0.29, 0.717) is 27.8 Å². The fourth-order valence-corrected chi connectivity index (χ4v) is 6.49. The minimum Gasteiger partial charge on any atom is -0.465 e. The molecule has 0 spiro atoms. The number of anilines is 1. The molecule has 0 saturated carbocycles. The van der Waals surface area contributed by atoms with E-state index in [1.807, 2.05) is 6.07 Å². The molecule has 2 N–H and O–H groups in total. The number of benzene rings is 1. The summed E-state index contributed by atoms with van der Waals surface area (Å²) < 4.78 is 81.8. The number of hydrogen-bond acceptors (Lipinski definition) is 9. The highest BCUT2D eigenvalue weighted by Gasteiger charge is 2.46. The summed E-state index contributed by atoms with van der Waals surface area (Å²) in [5, 5.41) is 21.2. The van der Waals surface area contributed by atoms with Crippen LogP contribution in [-0.2, 0) is 18.0 Å². The van der Waals surface area contributed by atoms with E-state index in [1.54, 1.807) is 7.05 Å². The number of rotatable bonds is 5. The van der Waals surface area contributed by atoms with Crippen molar-refractivity contribution < 1.29 is 41.3 Å². The normalized spacial score (nSPS) is 18.9. The van der Waals surface area contributed by atoms with Crippen molar-refractivity contribution in [2.24, 2.45) is 5.92 Å². The van der Waals surface area contributed by atoms with Crippen LogP contribution in [0.5, 0.6) is 6.01 Å². The second kappa shape index (κ2) is 10.3.